The van der Waals surface area contributed by atoms with Crippen LogP contribution in [0.25, 0.3) is 0 Å². The molecule has 17 nitrogen and oxygen atoms in total. The van der Waals surface area contributed by atoms with E-state index in [1.807, 2.05) is 0 Å². The molecule has 4 unspecified atom stereocenters. The fourth-order valence-corrected chi connectivity index (χ4v) is 3.47. The van der Waals surface area contributed by atoms with Crippen LogP contribution in [0.5, 0.6) is 0 Å². The first-order valence-corrected chi connectivity index (χ1v) is 15.1. The summed E-state index contributed by atoms with van der Waals surface area (Å²) >= 11 is 0. The third kappa shape index (κ3) is 22.1. The molecule has 0 bridgehead atoms. The summed E-state index contributed by atoms with van der Waals surface area (Å²) in [5.74, 6) is -3.67. The second-order valence-corrected chi connectivity index (χ2v) is 10.1. The zero-order valence-corrected chi connectivity index (χ0v) is 28.4. The highest BCUT2D eigenvalue weighted by Gasteiger charge is 2.29. The summed E-state index contributed by atoms with van der Waals surface area (Å²) in [5.41, 5.74) is 5.20. The van der Waals surface area contributed by atoms with E-state index in [0.29, 0.717) is 0 Å². The molecule has 4 atom stereocenters. The molecule has 0 aromatic carbocycles. The summed E-state index contributed by atoms with van der Waals surface area (Å²) in [6.07, 6.45) is 3.40. The quantitative estimate of drug-likeness (QED) is 0.0591. The molecule has 0 saturated carbocycles. The smallest absolute Gasteiger partial charge is 0.328 e. The minimum absolute atomic E-state index is 0.000649. The summed E-state index contributed by atoms with van der Waals surface area (Å²) in [7, 11) is 2.75. The summed E-state index contributed by atoms with van der Waals surface area (Å²) in [4.78, 5) is 93.6. The van der Waals surface area contributed by atoms with Crippen molar-refractivity contribution in [3.05, 3.63) is 25.3 Å². The summed E-state index contributed by atoms with van der Waals surface area (Å²) < 4.78 is 19.6. The molecule has 0 aromatic rings. The summed E-state index contributed by atoms with van der Waals surface area (Å²) in [6, 6.07) is -3.96. The Morgan fingerprint density at radius 3 is 1.31 bits per heavy atom. The normalized spacial score (nSPS) is 12.6. The van der Waals surface area contributed by atoms with Gasteiger partial charge in [0.15, 0.2) is 0 Å². The van der Waals surface area contributed by atoms with Crippen LogP contribution in [-0.2, 0) is 57.3 Å². The molecule has 0 aliphatic carbocycles. The van der Waals surface area contributed by atoms with E-state index in [4.69, 9.17) is 24.7 Å². The number of nitrogens with one attached hydrogen (secondary N) is 4. The number of amides is 4. The molecule has 17 heteroatoms. The fourth-order valence-electron chi connectivity index (χ4n) is 3.47. The Kier molecular flexibility index (Phi) is 26.3. The van der Waals surface area contributed by atoms with Crippen molar-refractivity contribution in [2.45, 2.75) is 77.0 Å². The van der Waals surface area contributed by atoms with Gasteiger partial charge in [0.2, 0.25) is 23.6 Å². The van der Waals surface area contributed by atoms with E-state index in [9.17, 15) is 38.4 Å². The number of carbonyl (C=O) groups is 8. The maximum Gasteiger partial charge on any atom is 0.328 e. The van der Waals surface area contributed by atoms with E-state index in [1.165, 1.54) is 40.2 Å². The maximum absolute atomic E-state index is 12.3. The Labute approximate surface area is 281 Å². The molecule has 0 spiro atoms. The second kappa shape index (κ2) is 27.6. The lowest BCUT2D eigenvalue weighted by Gasteiger charge is -2.21. The maximum atomic E-state index is 12.3. The first-order valence-electron chi connectivity index (χ1n) is 15.1. The zero-order valence-electron chi connectivity index (χ0n) is 28.4. The van der Waals surface area contributed by atoms with E-state index in [0.717, 1.165) is 0 Å². The Balaban J connectivity index is 0. The van der Waals surface area contributed by atoms with Crippen LogP contribution in [-0.4, -0.2) is 118 Å². The number of methoxy groups -OCH3 is 2. The molecular formula is C31H51N5O12. The van der Waals surface area contributed by atoms with E-state index >= 15 is 0 Å². The van der Waals surface area contributed by atoms with Crippen LogP contribution in [0.2, 0.25) is 0 Å². The van der Waals surface area contributed by atoms with Crippen LogP contribution in [0.1, 0.15) is 52.9 Å². The summed E-state index contributed by atoms with van der Waals surface area (Å²) in [5, 5.41) is 9.85. The first-order chi connectivity index (χ1) is 22.7. The SMILES string of the molecule is C=CCOC(=O)C(CCC(C)=O)NC(=O)C(COC)NC(=O)CC.C=CCOC(=O)C(CCC(C)=O)NC(=O)C(COC)NC(=O)CN. The predicted molar refractivity (Wildman–Crippen MR) is 173 cm³/mol. The molecule has 0 saturated heterocycles. The van der Waals surface area contributed by atoms with Gasteiger partial charge < -0.3 is 55.5 Å². The Hall–Kier alpha value is -4.48. The van der Waals surface area contributed by atoms with Crippen LogP contribution in [0.3, 0.4) is 0 Å². The molecule has 0 radical (unpaired) electrons. The van der Waals surface area contributed by atoms with Crippen molar-refractivity contribution in [2.24, 2.45) is 5.73 Å². The van der Waals surface area contributed by atoms with Gasteiger partial charge in [0.1, 0.15) is 48.9 Å². The third-order valence-corrected chi connectivity index (χ3v) is 5.94. The molecule has 0 aliphatic heterocycles. The molecule has 48 heavy (non-hydrogen) atoms. The van der Waals surface area contributed by atoms with Gasteiger partial charge in [0.25, 0.3) is 0 Å². The van der Waals surface area contributed by atoms with Crippen molar-refractivity contribution >= 4 is 47.1 Å². The van der Waals surface area contributed by atoms with Crippen molar-refractivity contribution in [3.63, 3.8) is 0 Å². The lowest BCUT2D eigenvalue weighted by molar-refractivity contribution is -0.148. The Morgan fingerprint density at radius 1 is 0.646 bits per heavy atom. The van der Waals surface area contributed by atoms with Crippen molar-refractivity contribution in [3.8, 4) is 0 Å². The van der Waals surface area contributed by atoms with Gasteiger partial charge >= 0.3 is 11.9 Å². The highest BCUT2D eigenvalue weighted by atomic mass is 16.5. The van der Waals surface area contributed by atoms with Gasteiger partial charge in [0, 0.05) is 33.5 Å². The Bertz CT molecular complexity index is 1010. The summed E-state index contributed by atoms with van der Waals surface area (Å²) in [6.45, 7) is 10.8. The number of carbonyl (C=O) groups excluding carboxylic acids is 8. The number of hydrogen-bond acceptors (Lipinski definition) is 13. The standard InChI is InChI=1S/C16H26N2O6.C15H25N3O6/c1-5-9-24-16(22)12(8-7-11(3)19)18-15(21)13(10-23-4)17-14(20)6-2;1-4-7-24-15(22)11(6-5-10(2)19)18-14(21)12(9-23-3)17-13(20)8-16/h5,12-13H,1,6-10H2,2-4H3,(H,17,20)(H,18,21);4,11-12H,1,5-9,16H2,2-3H3,(H,17,20)(H,18,21). The zero-order chi connectivity index (χ0) is 37.1. The van der Waals surface area contributed by atoms with Gasteiger partial charge in [-0.2, -0.15) is 0 Å². The highest BCUT2D eigenvalue weighted by molar-refractivity contribution is 5.92. The third-order valence-electron chi connectivity index (χ3n) is 5.94. The van der Waals surface area contributed by atoms with Crippen molar-refractivity contribution in [2.75, 3.05) is 47.2 Å². The van der Waals surface area contributed by atoms with Crippen LogP contribution >= 0.6 is 0 Å². The molecule has 6 N–H and O–H groups in total. The van der Waals surface area contributed by atoms with Crippen molar-refractivity contribution < 1.29 is 57.3 Å². The minimum Gasteiger partial charge on any atom is -0.460 e. The van der Waals surface area contributed by atoms with E-state index in [2.05, 4.69) is 34.4 Å². The molecule has 0 rings (SSSR count). The average Bonchev–Trinajstić information content (AvgIpc) is 3.05. The molecule has 4 amide bonds. The van der Waals surface area contributed by atoms with Gasteiger partial charge in [-0.05, 0) is 26.7 Å². The lowest BCUT2D eigenvalue weighted by Crippen LogP contribution is -2.54. The predicted octanol–water partition coefficient (Wildman–Crippen LogP) is -1.23. The molecule has 0 heterocycles. The average molecular weight is 686 g/mol. The topological polar surface area (TPSA) is 248 Å². The molecule has 0 aliphatic rings. The highest BCUT2D eigenvalue weighted by Crippen LogP contribution is 2.04. The number of esters is 2. The molecule has 272 valence electrons. The van der Waals surface area contributed by atoms with E-state index in [1.54, 1.807) is 6.92 Å². The van der Waals surface area contributed by atoms with Crippen molar-refractivity contribution in [1.82, 2.24) is 21.3 Å². The van der Waals surface area contributed by atoms with Crippen LogP contribution in [0.4, 0.5) is 0 Å². The Morgan fingerprint density at radius 2 is 1.02 bits per heavy atom. The van der Waals surface area contributed by atoms with Gasteiger partial charge in [-0.3, -0.25) is 19.2 Å². The molecule has 0 aromatic heterocycles. The number of rotatable bonds is 24. The largest absolute Gasteiger partial charge is 0.460 e. The minimum atomic E-state index is -1.02. The molecular weight excluding hydrogens is 634 g/mol. The van der Waals surface area contributed by atoms with E-state index in [-0.39, 0.29) is 82.6 Å². The second-order valence-electron chi connectivity index (χ2n) is 10.1. The van der Waals surface area contributed by atoms with Gasteiger partial charge in [-0.1, -0.05) is 32.2 Å². The van der Waals surface area contributed by atoms with Gasteiger partial charge in [-0.15, -0.1) is 0 Å². The lowest BCUT2D eigenvalue weighted by atomic mass is 10.1. The van der Waals surface area contributed by atoms with Crippen molar-refractivity contribution in [1.29, 1.82) is 0 Å². The number of hydrogen-bond donors (Lipinski definition) is 5. The fraction of sp³-hybridized carbons (Fsp3) is 0.613. The van der Waals surface area contributed by atoms with E-state index < -0.39 is 53.8 Å². The monoisotopic (exact) mass is 685 g/mol. The number of Topliss-reactive ketones (excluding diaryl/α,β-unsaturated/α-hetero) is 2. The number of nitrogens with two attached hydrogens (primary N) is 1. The van der Waals surface area contributed by atoms with Gasteiger partial charge in [-0.25, -0.2) is 9.59 Å². The number of ketones is 2. The van der Waals surface area contributed by atoms with Crippen LogP contribution in [0, 0.1) is 0 Å². The number of ether oxygens (including phenoxy) is 4. The van der Waals surface area contributed by atoms with Crippen LogP contribution < -0.4 is 27.0 Å². The molecule has 0 fully saturated rings. The first kappa shape index (κ1) is 45.6. The van der Waals surface area contributed by atoms with Crippen LogP contribution in [0.15, 0.2) is 25.3 Å². The van der Waals surface area contributed by atoms with Gasteiger partial charge in [0.05, 0.1) is 19.8 Å².